The maximum absolute atomic E-state index is 10.5. The van der Waals surface area contributed by atoms with Gasteiger partial charge in [0.15, 0.2) is 0 Å². The summed E-state index contributed by atoms with van der Waals surface area (Å²) in [5.74, 6) is 0. The Kier molecular flexibility index (Phi) is 8.14. The Bertz CT molecular complexity index is 1560. The van der Waals surface area contributed by atoms with Gasteiger partial charge >= 0.3 is 0 Å². The van der Waals surface area contributed by atoms with Gasteiger partial charge in [-0.15, -0.1) is 0 Å². The van der Waals surface area contributed by atoms with Crippen molar-refractivity contribution in [2.45, 2.75) is 93.4 Å². The molecule has 0 saturated heterocycles. The van der Waals surface area contributed by atoms with E-state index in [9.17, 15) is 5.11 Å². The maximum Gasteiger partial charge on any atom is 0.0717 e. The second-order valence-corrected chi connectivity index (χ2v) is 10.7. The molecule has 5 rings (SSSR count). The number of nitrogens with zero attached hydrogens (tertiary/aromatic N) is 2. The van der Waals surface area contributed by atoms with Crippen LogP contribution < -0.4 is 0 Å². The first-order chi connectivity index (χ1) is 19.5. The van der Waals surface area contributed by atoms with Gasteiger partial charge in [0, 0.05) is 27.6 Å². The fourth-order valence-electron chi connectivity index (χ4n) is 6.88. The summed E-state index contributed by atoms with van der Waals surface area (Å²) >= 11 is 0. The molecule has 3 aromatic heterocycles. The van der Waals surface area contributed by atoms with Gasteiger partial charge in [-0.05, 0) is 108 Å². The molecule has 2 aliphatic heterocycles. The van der Waals surface area contributed by atoms with Crippen molar-refractivity contribution in [1.82, 2.24) is 19.9 Å². The summed E-state index contributed by atoms with van der Waals surface area (Å²) in [6.07, 6.45) is 6.46. The number of H-pyrrole nitrogens is 2. The van der Waals surface area contributed by atoms with E-state index in [0.29, 0.717) is 0 Å². The molecule has 0 radical (unpaired) electrons. The number of rotatable bonds is 8. The first-order valence-electron chi connectivity index (χ1n) is 15.3. The molecule has 0 spiro atoms. The monoisotopic (exact) mass is 536 g/mol. The Morgan fingerprint density at radius 1 is 0.450 bits per heavy atom. The molecule has 0 aliphatic carbocycles. The van der Waals surface area contributed by atoms with Gasteiger partial charge in [-0.1, -0.05) is 48.5 Å². The highest BCUT2D eigenvalue weighted by atomic mass is 16.3. The molecular weight excluding hydrogens is 492 g/mol. The number of fused-ring (bicyclic) bond motifs is 8. The minimum atomic E-state index is -0.0349. The van der Waals surface area contributed by atoms with Gasteiger partial charge in [-0.2, -0.15) is 0 Å². The summed E-state index contributed by atoms with van der Waals surface area (Å²) in [6.45, 7) is 15.5. The Hall–Kier alpha value is -3.44. The highest BCUT2D eigenvalue weighted by Gasteiger charge is 2.23. The molecule has 5 heterocycles. The molecule has 5 nitrogen and oxygen atoms in total. The van der Waals surface area contributed by atoms with Crippen molar-refractivity contribution in [2.75, 3.05) is 6.61 Å². The van der Waals surface area contributed by atoms with Crippen molar-refractivity contribution in [3.8, 4) is 0 Å². The fourth-order valence-corrected chi connectivity index (χ4v) is 6.88. The third-order valence-corrected chi connectivity index (χ3v) is 8.77. The number of nitrogens with one attached hydrogen (secondary N) is 2. The highest BCUT2D eigenvalue weighted by molar-refractivity contribution is 5.96. The molecule has 2 aliphatic rings. The summed E-state index contributed by atoms with van der Waals surface area (Å²) in [5, 5.41) is 10.5. The van der Waals surface area contributed by atoms with Crippen molar-refractivity contribution in [1.29, 1.82) is 0 Å². The minimum Gasteiger partial charge on any atom is -0.392 e. The SMILES string of the molecule is CCC1=C(CC)c2cc3[nH]c(cc4[nH]c(cc5nc(cc1n2)C(CO)=C5CC)c(CC)c4CC)c(CC)c3CC. The highest BCUT2D eigenvalue weighted by Crippen LogP contribution is 2.38. The number of hydrogen-bond donors (Lipinski definition) is 3. The van der Waals surface area contributed by atoms with Crippen molar-refractivity contribution in [3.05, 3.63) is 69.3 Å². The molecule has 0 saturated carbocycles. The van der Waals surface area contributed by atoms with Crippen LogP contribution in [0, 0.1) is 0 Å². The molecule has 210 valence electrons. The number of aliphatic hydroxyl groups excluding tert-OH is 1. The van der Waals surface area contributed by atoms with Gasteiger partial charge in [0.25, 0.3) is 0 Å². The predicted octanol–water partition coefficient (Wildman–Crippen LogP) is 8.61. The van der Waals surface area contributed by atoms with Gasteiger partial charge in [0.2, 0.25) is 0 Å². The first kappa shape index (κ1) is 28.1. The molecule has 8 bridgehead atoms. The summed E-state index contributed by atoms with van der Waals surface area (Å²) < 4.78 is 0. The number of allylic oxidation sites excluding steroid dienone is 3. The standard InChI is InChI=1S/C35H44N4O/c1-8-20-21(9-2)29-16-31-24(12-5)25(13-6)33(38-31)18-35-27(19-40)26(14-7)34(39-35)17-32-23(11-4)22(10-3)30(37-32)15-28(20)36-29/h15-18,36-37,40H,8-14,19H2,1-7H3. The van der Waals surface area contributed by atoms with E-state index in [1.54, 1.807) is 0 Å². The van der Waals surface area contributed by atoms with E-state index in [1.807, 2.05) is 0 Å². The van der Waals surface area contributed by atoms with E-state index >= 15 is 0 Å². The van der Waals surface area contributed by atoms with Crippen LogP contribution in [0.1, 0.15) is 113 Å². The van der Waals surface area contributed by atoms with Gasteiger partial charge in [-0.25, -0.2) is 9.97 Å². The van der Waals surface area contributed by atoms with Crippen LogP contribution in [0.5, 0.6) is 0 Å². The van der Waals surface area contributed by atoms with Gasteiger partial charge in [0.1, 0.15) is 0 Å². The lowest BCUT2D eigenvalue weighted by atomic mass is 9.98. The van der Waals surface area contributed by atoms with Crippen LogP contribution in [-0.4, -0.2) is 31.6 Å². The summed E-state index contributed by atoms with van der Waals surface area (Å²) in [4.78, 5) is 17.9. The van der Waals surface area contributed by atoms with Crippen molar-refractivity contribution in [2.24, 2.45) is 0 Å². The lowest BCUT2D eigenvalue weighted by Crippen LogP contribution is -1.91. The quantitative estimate of drug-likeness (QED) is 0.270. The van der Waals surface area contributed by atoms with Crippen LogP contribution in [0.25, 0.3) is 44.4 Å². The van der Waals surface area contributed by atoms with Crippen LogP contribution in [-0.2, 0) is 25.7 Å². The average Bonchev–Trinajstić information content (AvgIpc) is 3.67. The molecule has 3 aromatic rings. The van der Waals surface area contributed by atoms with E-state index in [-0.39, 0.29) is 6.61 Å². The van der Waals surface area contributed by atoms with Crippen LogP contribution in [0.4, 0.5) is 0 Å². The summed E-state index contributed by atoms with van der Waals surface area (Å²) in [6, 6.07) is 8.88. The molecule has 5 heteroatoms. The first-order valence-corrected chi connectivity index (χ1v) is 15.3. The van der Waals surface area contributed by atoms with Gasteiger partial charge < -0.3 is 15.1 Å². The van der Waals surface area contributed by atoms with E-state index in [2.05, 4.69) is 82.7 Å². The second kappa shape index (κ2) is 11.6. The van der Waals surface area contributed by atoms with Crippen LogP contribution in [0.2, 0.25) is 0 Å². The Morgan fingerprint density at radius 2 is 0.775 bits per heavy atom. The molecular formula is C35H44N4O. The smallest absolute Gasteiger partial charge is 0.0717 e. The molecule has 0 amide bonds. The zero-order chi connectivity index (χ0) is 28.6. The van der Waals surface area contributed by atoms with Crippen molar-refractivity contribution >= 4 is 44.4 Å². The number of hydrogen-bond acceptors (Lipinski definition) is 3. The maximum atomic E-state index is 10.5. The van der Waals surface area contributed by atoms with Crippen LogP contribution >= 0.6 is 0 Å². The molecule has 40 heavy (non-hydrogen) atoms. The zero-order valence-electron chi connectivity index (χ0n) is 25.3. The lowest BCUT2D eigenvalue weighted by Gasteiger charge is -2.04. The van der Waals surface area contributed by atoms with Crippen molar-refractivity contribution < 1.29 is 5.11 Å². The number of aromatic nitrogens is 4. The minimum absolute atomic E-state index is 0.0349. The molecule has 0 unspecified atom stereocenters. The van der Waals surface area contributed by atoms with E-state index in [0.717, 1.165) is 95.4 Å². The number of aromatic amines is 2. The van der Waals surface area contributed by atoms with Gasteiger partial charge in [0.05, 0.1) is 29.4 Å². The van der Waals surface area contributed by atoms with Gasteiger partial charge in [-0.3, -0.25) is 0 Å². The van der Waals surface area contributed by atoms with E-state index in [4.69, 9.17) is 9.97 Å². The van der Waals surface area contributed by atoms with Crippen molar-refractivity contribution in [3.63, 3.8) is 0 Å². The molecule has 0 aromatic carbocycles. The average molecular weight is 537 g/mol. The Labute approximate surface area is 238 Å². The molecule has 0 fully saturated rings. The summed E-state index contributed by atoms with van der Waals surface area (Å²) in [5.41, 5.74) is 18.4. The molecule has 0 atom stereocenters. The fraction of sp³-hybridized carbons (Fsp3) is 0.429. The number of aliphatic hydroxyl groups is 1. The van der Waals surface area contributed by atoms with E-state index in [1.165, 1.54) is 38.9 Å². The third-order valence-electron chi connectivity index (χ3n) is 8.77. The third kappa shape index (κ3) is 4.54. The zero-order valence-corrected chi connectivity index (χ0v) is 25.3. The Morgan fingerprint density at radius 3 is 1.12 bits per heavy atom. The number of aryl methyl sites for hydroxylation is 4. The van der Waals surface area contributed by atoms with E-state index < -0.39 is 0 Å². The summed E-state index contributed by atoms with van der Waals surface area (Å²) in [7, 11) is 0. The predicted molar refractivity (Wildman–Crippen MR) is 170 cm³/mol. The topological polar surface area (TPSA) is 77.6 Å². The van der Waals surface area contributed by atoms with Crippen LogP contribution in [0.15, 0.2) is 24.3 Å². The molecule has 3 N–H and O–H groups in total. The largest absolute Gasteiger partial charge is 0.392 e. The Balaban J connectivity index is 2.03. The second-order valence-electron chi connectivity index (χ2n) is 10.7. The van der Waals surface area contributed by atoms with Crippen LogP contribution in [0.3, 0.4) is 0 Å². The normalized spacial score (nSPS) is 13.6. The lowest BCUT2D eigenvalue weighted by molar-refractivity contribution is 0.350.